The van der Waals surface area contributed by atoms with Crippen LogP contribution in [0.5, 0.6) is 0 Å². The predicted molar refractivity (Wildman–Crippen MR) is 169 cm³/mol. The minimum absolute atomic E-state index is 0.0156. The number of carbonyl (C=O) groups is 6. The number of amides is 5. The van der Waals surface area contributed by atoms with Gasteiger partial charge in [0.1, 0.15) is 5.82 Å². The molecule has 46 heavy (non-hydrogen) atoms. The summed E-state index contributed by atoms with van der Waals surface area (Å²) in [6, 6.07) is 14.8. The van der Waals surface area contributed by atoms with Gasteiger partial charge in [-0.25, -0.2) is 9.18 Å². The van der Waals surface area contributed by atoms with E-state index < -0.39 is 41.3 Å². The van der Waals surface area contributed by atoms with E-state index in [0.29, 0.717) is 19.8 Å². The minimum atomic E-state index is -0.956. The monoisotopic (exact) mass is 739 g/mol. The molecule has 5 amide bonds. The fraction of sp³-hybridized carbons (Fsp3) is 0.219. The molecule has 0 spiro atoms. The van der Waals surface area contributed by atoms with Crippen molar-refractivity contribution in [3.63, 3.8) is 0 Å². The highest BCUT2D eigenvalue weighted by molar-refractivity contribution is 14.1. The van der Waals surface area contributed by atoms with Crippen molar-refractivity contribution in [2.24, 2.45) is 5.73 Å². The second kappa shape index (κ2) is 13.6. The van der Waals surface area contributed by atoms with Gasteiger partial charge in [-0.15, -0.1) is 5.06 Å². The molecule has 2 aliphatic heterocycles. The van der Waals surface area contributed by atoms with Crippen molar-refractivity contribution in [1.82, 2.24) is 14.9 Å². The van der Waals surface area contributed by atoms with E-state index in [1.807, 2.05) is 22.6 Å². The predicted octanol–water partition coefficient (Wildman–Crippen LogP) is 2.96. The van der Waals surface area contributed by atoms with E-state index in [2.05, 4.69) is 0 Å². The maximum Gasteiger partial charge on any atom is 0.363 e. The zero-order chi connectivity index (χ0) is 33.1. The van der Waals surface area contributed by atoms with Crippen molar-refractivity contribution in [1.29, 1.82) is 5.41 Å². The molecule has 2 saturated heterocycles. The van der Waals surface area contributed by atoms with Crippen LogP contribution >= 0.6 is 22.6 Å². The van der Waals surface area contributed by atoms with Crippen LogP contribution < -0.4 is 5.73 Å². The highest BCUT2D eigenvalue weighted by atomic mass is 127. The number of piperazine rings is 1. The maximum absolute atomic E-state index is 14.8. The normalized spacial score (nSPS) is 14.8. The van der Waals surface area contributed by atoms with Gasteiger partial charge in [-0.1, -0.05) is 24.3 Å². The van der Waals surface area contributed by atoms with Crippen molar-refractivity contribution in [3.05, 3.63) is 103 Å². The van der Waals surface area contributed by atoms with Gasteiger partial charge >= 0.3 is 5.97 Å². The second-order valence-corrected chi connectivity index (χ2v) is 11.9. The number of nitrogens with zero attached hydrogens (tertiary/aromatic N) is 3. The lowest BCUT2D eigenvalue weighted by Crippen LogP contribution is -2.50. The van der Waals surface area contributed by atoms with Crippen LogP contribution in [0.15, 0.2) is 60.7 Å². The fourth-order valence-corrected chi connectivity index (χ4v) is 5.87. The summed E-state index contributed by atoms with van der Waals surface area (Å²) in [5, 5.41) is 8.92. The molecule has 0 aromatic heterocycles. The van der Waals surface area contributed by atoms with Gasteiger partial charge in [0, 0.05) is 71.4 Å². The number of hydroxylamine groups is 2. The third-order valence-corrected chi connectivity index (χ3v) is 8.20. The molecule has 2 heterocycles. The average Bonchev–Trinajstić information content (AvgIpc) is 3.36. The van der Waals surface area contributed by atoms with Gasteiger partial charge in [-0.2, -0.15) is 0 Å². The molecule has 3 N–H and O–H groups in total. The Morgan fingerprint density at radius 3 is 2.02 bits per heavy atom. The standard InChI is InChI=1S/C32H27FIN5O7/c33-25-6-5-18(14-26(35)22-3-1-2-4-23(22)29(36)42)13-24(25)31(44)38-11-9-37(10-12-38)30(43)19-15-20(17-21(34)16-19)32(45)46-39-27(40)7-8-28(39)41/h1-6,13,15-17,35H,7-12,14H2,(H2,36,42). The van der Waals surface area contributed by atoms with E-state index in [1.165, 1.54) is 40.1 Å². The first kappa shape index (κ1) is 32.4. The number of carbonyl (C=O) groups excluding carboxylic acids is 6. The molecule has 0 bridgehead atoms. The first-order chi connectivity index (χ1) is 21.9. The summed E-state index contributed by atoms with van der Waals surface area (Å²) in [6.07, 6.45) is -0.0665. The van der Waals surface area contributed by atoms with Crippen LogP contribution in [0.4, 0.5) is 4.39 Å². The molecule has 0 saturated carbocycles. The number of primary amides is 1. The molecule has 3 aromatic rings. The highest BCUT2D eigenvalue weighted by Crippen LogP contribution is 2.21. The smallest absolute Gasteiger partial charge is 0.363 e. The molecule has 12 nitrogen and oxygen atoms in total. The van der Waals surface area contributed by atoms with Crippen molar-refractivity contribution in [3.8, 4) is 0 Å². The summed E-state index contributed by atoms with van der Waals surface area (Å²) in [7, 11) is 0. The maximum atomic E-state index is 14.8. The Hall–Kier alpha value is -4.99. The molecule has 14 heteroatoms. The summed E-state index contributed by atoms with van der Waals surface area (Å²) in [6.45, 7) is 0.521. The van der Waals surface area contributed by atoms with Crippen LogP contribution in [0.25, 0.3) is 0 Å². The lowest BCUT2D eigenvalue weighted by atomic mass is 9.96. The van der Waals surface area contributed by atoms with Crippen LogP contribution in [0.1, 0.15) is 65.4 Å². The number of rotatable bonds is 8. The Kier molecular flexibility index (Phi) is 9.55. The minimum Gasteiger partial charge on any atom is -0.366 e. The van der Waals surface area contributed by atoms with E-state index in [1.54, 1.807) is 24.3 Å². The van der Waals surface area contributed by atoms with Crippen molar-refractivity contribution in [2.45, 2.75) is 19.3 Å². The van der Waals surface area contributed by atoms with Gasteiger partial charge in [-0.05, 0) is 64.6 Å². The van der Waals surface area contributed by atoms with Crippen LogP contribution in [-0.2, 0) is 20.8 Å². The van der Waals surface area contributed by atoms with E-state index in [9.17, 15) is 33.2 Å². The Labute approximate surface area is 275 Å². The molecule has 0 aliphatic carbocycles. The topological polar surface area (TPSA) is 171 Å². The third-order valence-electron chi connectivity index (χ3n) is 7.57. The summed E-state index contributed by atoms with van der Waals surface area (Å²) in [5.74, 6) is -4.58. The molecular weight excluding hydrogens is 712 g/mol. The Morgan fingerprint density at radius 1 is 0.804 bits per heavy atom. The SMILES string of the molecule is N=C(Cc1ccc(F)c(C(=O)N2CCN(C(=O)c3cc(I)cc(C(=O)ON4C(=O)CCC4=O)c3)CC2)c1)c1ccccc1C(N)=O. The number of nitrogens with one attached hydrogen (secondary N) is 1. The molecule has 3 aromatic carbocycles. The molecule has 2 aliphatic rings. The number of nitrogens with two attached hydrogens (primary N) is 1. The van der Waals surface area contributed by atoms with Gasteiger partial charge in [0.05, 0.1) is 11.1 Å². The fourth-order valence-electron chi connectivity index (χ4n) is 5.20. The molecule has 5 rings (SSSR count). The van der Waals surface area contributed by atoms with Gasteiger partial charge in [0.2, 0.25) is 5.91 Å². The lowest BCUT2D eigenvalue weighted by Gasteiger charge is -2.35. The van der Waals surface area contributed by atoms with E-state index >= 15 is 0 Å². The molecule has 2 fully saturated rings. The van der Waals surface area contributed by atoms with Crippen molar-refractivity contribution >= 4 is 63.8 Å². The molecule has 0 atom stereocenters. The summed E-state index contributed by atoms with van der Waals surface area (Å²) in [5.41, 5.74) is 6.53. The molecule has 0 radical (unpaired) electrons. The van der Waals surface area contributed by atoms with E-state index in [4.69, 9.17) is 16.0 Å². The Bertz CT molecular complexity index is 1790. The quantitative estimate of drug-likeness (QED) is 0.203. The van der Waals surface area contributed by atoms with Crippen molar-refractivity contribution in [2.75, 3.05) is 26.2 Å². The number of hydrogen-bond acceptors (Lipinski definition) is 8. The zero-order valence-corrected chi connectivity index (χ0v) is 26.4. The lowest BCUT2D eigenvalue weighted by molar-refractivity contribution is -0.172. The summed E-state index contributed by atoms with van der Waals surface area (Å²) < 4.78 is 15.4. The van der Waals surface area contributed by atoms with Crippen LogP contribution in [0.3, 0.4) is 0 Å². The van der Waals surface area contributed by atoms with Gasteiger partial charge < -0.3 is 25.8 Å². The third kappa shape index (κ3) is 6.96. The van der Waals surface area contributed by atoms with E-state index in [0.717, 1.165) is 6.07 Å². The second-order valence-electron chi connectivity index (χ2n) is 10.7. The Balaban J connectivity index is 1.23. The van der Waals surface area contributed by atoms with E-state index in [-0.39, 0.29) is 73.4 Å². The van der Waals surface area contributed by atoms with Gasteiger partial charge in [0.25, 0.3) is 23.6 Å². The number of benzene rings is 3. The van der Waals surface area contributed by atoms with Crippen LogP contribution in [-0.4, -0.2) is 82.3 Å². The summed E-state index contributed by atoms with van der Waals surface area (Å²) in [4.78, 5) is 82.7. The van der Waals surface area contributed by atoms with Crippen LogP contribution in [0, 0.1) is 14.8 Å². The first-order valence-corrected chi connectivity index (χ1v) is 15.2. The van der Waals surface area contributed by atoms with Crippen LogP contribution in [0.2, 0.25) is 0 Å². The molecule has 236 valence electrons. The average molecular weight is 739 g/mol. The van der Waals surface area contributed by atoms with Crippen molar-refractivity contribution < 1.29 is 38.0 Å². The Morgan fingerprint density at radius 2 is 1.39 bits per heavy atom. The molecule has 0 unspecified atom stereocenters. The first-order valence-electron chi connectivity index (χ1n) is 14.1. The molecular formula is C32H27FIN5O7. The number of imide groups is 1. The zero-order valence-electron chi connectivity index (χ0n) is 24.3. The number of halogens is 2. The van der Waals surface area contributed by atoms with Gasteiger partial charge in [0.15, 0.2) is 0 Å². The largest absolute Gasteiger partial charge is 0.366 e. The van der Waals surface area contributed by atoms with Gasteiger partial charge in [-0.3, -0.25) is 24.0 Å². The highest BCUT2D eigenvalue weighted by Gasteiger charge is 2.34. The number of hydrogen-bond donors (Lipinski definition) is 2. The summed E-state index contributed by atoms with van der Waals surface area (Å²) >= 11 is 1.93.